The van der Waals surface area contributed by atoms with E-state index < -0.39 is 5.92 Å². The summed E-state index contributed by atoms with van der Waals surface area (Å²) in [5.74, 6) is -1.10. The first-order chi connectivity index (χ1) is 8.74. The highest BCUT2D eigenvalue weighted by Crippen LogP contribution is 2.32. The van der Waals surface area contributed by atoms with Crippen molar-refractivity contribution < 1.29 is 14.3 Å². The number of benzene rings is 1. The Morgan fingerprint density at radius 1 is 1.17 bits per heavy atom. The number of ketones is 1. The van der Waals surface area contributed by atoms with Crippen LogP contribution < -0.4 is 0 Å². The van der Waals surface area contributed by atoms with E-state index in [0.29, 0.717) is 6.42 Å². The molecule has 1 fully saturated rings. The Morgan fingerprint density at radius 3 is 2.50 bits per heavy atom. The van der Waals surface area contributed by atoms with Gasteiger partial charge in [0.25, 0.3) is 0 Å². The molecule has 0 amide bonds. The minimum absolute atomic E-state index is 0.0190. The van der Waals surface area contributed by atoms with Crippen molar-refractivity contribution in [2.75, 3.05) is 7.11 Å². The summed E-state index contributed by atoms with van der Waals surface area (Å²) in [5.41, 5.74) is 1.01. The van der Waals surface area contributed by atoms with Gasteiger partial charge in [-0.1, -0.05) is 43.2 Å². The van der Waals surface area contributed by atoms with E-state index in [1.807, 2.05) is 30.3 Å². The summed E-state index contributed by atoms with van der Waals surface area (Å²) in [6.07, 6.45) is 3.35. The number of methoxy groups -OCH3 is 1. The predicted molar refractivity (Wildman–Crippen MR) is 68.2 cm³/mol. The summed E-state index contributed by atoms with van der Waals surface area (Å²) >= 11 is 0. The molecule has 1 saturated carbocycles. The van der Waals surface area contributed by atoms with Crippen LogP contribution in [0.15, 0.2) is 30.3 Å². The van der Waals surface area contributed by atoms with Crippen molar-refractivity contribution in [2.24, 2.45) is 5.92 Å². The number of rotatable bonds is 2. The van der Waals surface area contributed by atoms with Gasteiger partial charge in [-0.15, -0.1) is 0 Å². The van der Waals surface area contributed by atoms with E-state index in [9.17, 15) is 9.59 Å². The maximum atomic E-state index is 12.4. The molecule has 2 rings (SSSR count). The molecule has 96 valence electrons. The van der Waals surface area contributed by atoms with Crippen LogP contribution in [0.3, 0.4) is 0 Å². The second-order valence-electron chi connectivity index (χ2n) is 4.73. The van der Waals surface area contributed by atoms with Gasteiger partial charge in [-0.05, 0) is 18.4 Å². The number of esters is 1. The Kier molecular flexibility index (Phi) is 4.13. The first-order valence-corrected chi connectivity index (χ1v) is 6.40. The average molecular weight is 246 g/mol. The lowest BCUT2D eigenvalue weighted by Crippen LogP contribution is -2.28. The number of hydrogen-bond acceptors (Lipinski definition) is 3. The van der Waals surface area contributed by atoms with Crippen molar-refractivity contribution in [1.29, 1.82) is 0 Å². The molecule has 0 unspecified atom stereocenters. The van der Waals surface area contributed by atoms with Gasteiger partial charge >= 0.3 is 5.97 Å². The molecule has 0 aliphatic heterocycles. The molecule has 0 heterocycles. The summed E-state index contributed by atoms with van der Waals surface area (Å²) in [6.45, 7) is 0. The maximum absolute atomic E-state index is 12.4. The minimum Gasteiger partial charge on any atom is -0.468 e. The molecule has 0 bridgehead atoms. The van der Waals surface area contributed by atoms with E-state index in [2.05, 4.69) is 0 Å². The van der Waals surface area contributed by atoms with Crippen molar-refractivity contribution in [3.05, 3.63) is 35.9 Å². The Morgan fingerprint density at radius 2 is 1.83 bits per heavy atom. The normalized spacial score (nSPS) is 24.4. The molecule has 1 aliphatic carbocycles. The van der Waals surface area contributed by atoms with Gasteiger partial charge in [-0.25, -0.2) is 0 Å². The molecule has 3 heteroatoms. The second kappa shape index (κ2) is 5.80. The molecular weight excluding hydrogens is 228 g/mol. The smallest absolute Gasteiger partial charge is 0.316 e. The highest BCUT2D eigenvalue weighted by molar-refractivity contribution is 6.02. The third-order valence-corrected chi connectivity index (χ3v) is 3.61. The van der Waals surface area contributed by atoms with E-state index in [-0.39, 0.29) is 17.7 Å². The Bertz CT molecular complexity index is 425. The zero-order chi connectivity index (χ0) is 13.0. The van der Waals surface area contributed by atoms with Crippen LogP contribution in [0.4, 0.5) is 0 Å². The van der Waals surface area contributed by atoms with Gasteiger partial charge in [0.2, 0.25) is 0 Å². The molecule has 0 saturated heterocycles. The molecule has 0 radical (unpaired) electrons. The van der Waals surface area contributed by atoms with Gasteiger partial charge in [0, 0.05) is 5.92 Å². The fourth-order valence-electron chi connectivity index (χ4n) is 2.62. The highest BCUT2D eigenvalue weighted by atomic mass is 16.5. The summed E-state index contributed by atoms with van der Waals surface area (Å²) in [7, 11) is 1.35. The molecule has 3 nitrogen and oxygen atoms in total. The van der Waals surface area contributed by atoms with E-state index in [0.717, 1.165) is 24.8 Å². The first kappa shape index (κ1) is 12.8. The molecule has 1 aromatic rings. The van der Waals surface area contributed by atoms with Crippen molar-refractivity contribution >= 4 is 11.8 Å². The fraction of sp³-hybridized carbons (Fsp3) is 0.467. The molecule has 0 spiro atoms. The lowest BCUT2D eigenvalue weighted by molar-refractivity contribution is -0.149. The van der Waals surface area contributed by atoms with Gasteiger partial charge in [0.1, 0.15) is 5.92 Å². The standard InChI is InChI=1S/C15H18O3/c1-18-15(17)13-10-6-5-9-12(14(13)16)11-7-3-2-4-8-11/h2-4,7-8,12-13H,5-6,9-10H2,1H3/t12-,13-/m1/s1. The van der Waals surface area contributed by atoms with E-state index in [1.54, 1.807) is 0 Å². The number of Topliss-reactive ketones (excluding diaryl/α,β-unsaturated/α-hetero) is 1. The second-order valence-corrected chi connectivity index (χ2v) is 4.73. The van der Waals surface area contributed by atoms with Crippen molar-refractivity contribution in [2.45, 2.75) is 31.6 Å². The van der Waals surface area contributed by atoms with Crippen molar-refractivity contribution in [3.63, 3.8) is 0 Å². The fourth-order valence-corrected chi connectivity index (χ4v) is 2.62. The molecule has 0 N–H and O–H groups in total. The van der Waals surface area contributed by atoms with Gasteiger partial charge < -0.3 is 4.74 Å². The van der Waals surface area contributed by atoms with Crippen LogP contribution in [0.25, 0.3) is 0 Å². The largest absolute Gasteiger partial charge is 0.468 e. The monoisotopic (exact) mass is 246 g/mol. The number of carbonyl (C=O) groups is 2. The van der Waals surface area contributed by atoms with Gasteiger partial charge in [0.15, 0.2) is 5.78 Å². The topological polar surface area (TPSA) is 43.4 Å². The van der Waals surface area contributed by atoms with Crippen LogP contribution in [-0.4, -0.2) is 18.9 Å². The molecule has 2 atom stereocenters. The minimum atomic E-state index is -0.581. The molecular formula is C15H18O3. The Balaban J connectivity index is 2.25. The lowest BCUT2D eigenvalue weighted by atomic mass is 9.86. The van der Waals surface area contributed by atoms with Crippen LogP contribution in [-0.2, 0) is 14.3 Å². The van der Waals surface area contributed by atoms with Gasteiger partial charge in [-0.3, -0.25) is 9.59 Å². The van der Waals surface area contributed by atoms with Gasteiger partial charge in [0.05, 0.1) is 7.11 Å². The highest BCUT2D eigenvalue weighted by Gasteiger charge is 2.35. The van der Waals surface area contributed by atoms with E-state index in [4.69, 9.17) is 4.74 Å². The lowest BCUT2D eigenvalue weighted by Gasteiger charge is -2.17. The quantitative estimate of drug-likeness (QED) is 0.458. The summed E-state index contributed by atoms with van der Waals surface area (Å²) in [6, 6.07) is 9.72. The van der Waals surface area contributed by atoms with Crippen molar-refractivity contribution in [3.8, 4) is 0 Å². The molecule has 18 heavy (non-hydrogen) atoms. The third-order valence-electron chi connectivity index (χ3n) is 3.61. The summed E-state index contributed by atoms with van der Waals surface area (Å²) < 4.78 is 4.74. The Hall–Kier alpha value is -1.64. The van der Waals surface area contributed by atoms with Crippen LogP contribution in [0.5, 0.6) is 0 Å². The number of ether oxygens (including phenoxy) is 1. The summed E-state index contributed by atoms with van der Waals surface area (Å²) in [5, 5.41) is 0. The van der Waals surface area contributed by atoms with Crippen LogP contribution in [0, 0.1) is 5.92 Å². The van der Waals surface area contributed by atoms with Crippen LogP contribution in [0.2, 0.25) is 0 Å². The van der Waals surface area contributed by atoms with Crippen LogP contribution in [0.1, 0.15) is 37.2 Å². The maximum Gasteiger partial charge on any atom is 0.316 e. The van der Waals surface area contributed by atoms with Crippen LogP contribution >= 0.6 is 0 Å². The van der Waals surface area contributed by atoms with Gasteiger partial charge in [-0.2, -0.15) is 0 Å². The predicted octanol–water partition coefficient (Wildman–Crippen LogP) is 2.70. The SMILES string of the molecule is COC(=O)[C@@H]1CCCC[C@H](c2ccccc2)C1=O. The molecule has 1 aliphatic rings. The number of hydrogen-bond donors (Lipinski definition) is 0. The zero-order valence-electron chi connectivity index (χ0n) is 10.6. The zero-order valence-corrected chi connectivity index (χ0v) is 10.6. The average Bonchev–Trinajstić information content (AvgIpc) is 2.61. The third kappa shape index (κ3) is 2.61. The number of carbonyl (C=O) groups excluding carboxylic acids is 2. The first-order valence-electron chi connectivity index (χ1n) is 6.40. The van der Waals surface area contributed by atoms with E-state index >= 15 is 0 Å². The molecule has 1 aromatic carbocycles. The van der Waals surface area contributed by atoms with Crippen molar-refractivity contribution in [1.82, 2.24) is 0 Å². The molecule has 0 aromatic heterocycles. The van der Waals surface area contributed by atoms with E-state index in [1.165, 1.54) is 7.11 Å². The Labute approximate surface area is 107 Å². The summed E-state index contributed by atoms with van der Waals surface area (Å²) in [4.78, 5) is 24.1.